The van der Waals surface area contributed by atoms with E-state index in [1.165, 1.54) is 0 Å². The molecule has 1 fully saturated rings. The SMILES string of the molecule is C[C@@H]1COC(CCC(F)(F)CO)C1. The molecule has 0 bridgehead atoms. The molecule has 1 heterocycles. The first-order chi connectivity index (χ1) is 6.03. The fraction of sp³-hybridized carbons (Fsp3) is 1.00. The van der Waals surface area contributed by atoms with Crippen molar-refractivity contribution in [3.05, 3.63) is 0 Å². The van der Waals surface area contributed by atoms with Gasteiger partial charge in [0.2, 0.25) is 0 Å². The van der Waals surface area contributed by atoms with Crippen molar-refractivity contribution in [2.24, 2.45) is 5.92 Å². The maximum Gasteiger partial charge on any atom is 0.270 e. The predicted molar refractivity (Wildman–Crippen MR) is 44.8 cm³/mol. The number of alkyl halides is 2. The van der Waals surface area contributed by atoms with Gasteiger partial charge in [-0.15, -0.1) is 0 Å². The molecule has 1 N–H and O–H groups in total. The second kappa shape index (κ2) is 4.33. The van der Waals surface area contributed by atoms with Crippen LogP contribution in [0.2, 0.25) is 0 Å². The second-order valence-electron chi connectivity index (χ2n) is 3.85. The summed E-state index contributed by atoms with van der Waals surface area (Å²) >= 11 is 0. The van der Waals surface area contributed by atoms with Crippen LogP contribution in [0.3, 0.4) is 0 Å². The van der Waals surface area contributed by atoms with E-state index in [9.17, 15) is 8.78 Å². The van der Waals surface area contributed by atoms with Crippen molar-refractivity contribution in [1.29, 1.82) is 0 Å². The summed E-state index contributed by atoms with van der Waals surface area (Å²) in [6.45, 7) is 1.66. The maximum atomic E-state index is 12.6. The van der Waals surface area contributed by atoms with Crippen molar-refractivity contribution in [3.63, 3.8) is 0 Å². The minimum Gasteiger partial charge on any atom is -0.390 e. The fourth-order valence-electron chi connectivity index (χ4n) is 1.54. The Labute approximate surface area is 76.9 Å². The van der Waals surface area contributed by atoms with Gasteiger partial charge in [-0.1, -0.05) is 6.92 Å². The molecule has 1 unspecified atom stereocenters. The van der Waals surface area contributed by atoms with Crippen LogP contribution >= 0.6 is 0 Å². The number of hydrogen-bond donors (Lipinski definition) is 1. The lowest BCUT2D eigenvalue weighted by molar-refractivity contribution is -0.0653. The van der Waals surface area contributed by atoms with Crippen molar-refractivity contribution in [3.8, 4) is 0 Å². The highest BCUT2D eigenvalue weighted by atomic mass is 19.3. The molecule has 13 heavy (non-hydrogen) atoms. The van der Waals surface area contributed by atoms with Crippen LogP contribution in [-0.2, 0) is 4.74 Å². The van der Waals surface area contributed by atoms with Gasteiger partial charge in [0.1, 0.15) is 6.61 Å². The van der Waals surface area contributed by atoms with E-state index in [0.29, 0.717) is 18.9 Å². The molecule has 2 nitrogen and oxygen atoms in total. The molecular formula is C9H16F2O2. The normalized spacial score (nSPS) is 29.5. The first kappa shape index (κ1) is 10.9. The van der Waals surface area contributed by atoms with Gasteiger partial charge in [-0.25, -0.2) is 8.78 Å². The van der Waals surface area contributed by atoms with Crippen molar-refractivity contribution in [2.45, 2.75) is 38.2 Å². The molecule has 1 aliphatic heterocycles. The van der Waals surface area contributed by atoms with E-state index in [1.807, 2.05) is 6.92 Å². The van der Waals surface area contributed by atoms with Gasteiger partial charge in [0.25, 0.3) is 5.92 Å². The van der Waals surface area contributed by atoms with Gasteiger partial charge in [0, 0.05) is 13.0 Å². The quantitative estimate of drug-likeness (QED) is 0.739. The highest BCUT2D eigenvalue weighted by molar-refractivity contribution is 4.74. The topological polar surface area (TPSA) is 29.5 Å². The van der Waals surface area contributed by atoms with Crippen molar-refractivity contribution >= 4 is 0 Å². The third-order valence-electron chi connectivity index (χ3n) is 2.35. The molecule has 0 amide bonds. The largest absolute Gasteiger partial charge is 0.390 e. The monoisotopic (exact) mass is 194 g/mol. The van der Waals surface area contributed by atoms with E-state index in [4.69, 9.17) is 9.84 Å². The molecule has 4 heteroatoms. The summed E-state index contributed by atoms with van der Waals surface area (Å²) in [5.74, 6) is -2.46. The zero-order valence-corrected chi connectivity index (χ0v) is 7.80. The van der Waals surface area contributed by atoms with Crippen LogP contribution in [0.4, 0.5) is 8.78 Å². The third kappa shape index (κ3) is 3.56. The molecule has 0 spiro atoms. The Kier molecular flexibility index (Phi) is 3.62. The Hall–Kier alpha value is -0.220. The van der Waals surface area contributed by atoms with Gasteiger partial charge in [-0.05, 0) is 18.8 Å². The molecule has 1 rings (SSSR count). The molecule has 0 aromatic rings. The number of rotatable bonds is 4. The molecule has 2 atom stereocenters. The van der Waals surface area contributed by atoms with Gasteiger partial charge in [-0.3, -0.25) is 0 Å². The van der Waals surface area contributed by atoms with Crippen molar-refractivity contribution in [2.75, 3.05) is 13.2 Å². The summed E-state index contributed by atoms with van der Waals surface area (Å²) < 4.78 is 30.5. The zero-order valence-electron chi connectivity index (χ0n) is 7.80. The summed E-state index contributed by atoms with van der Waals surface area (Å²) in [6.07, 6.45) is 0.896. The molecule has 0 radical (unpaired) electrons. The first-order valence-corrected chi connectivity index (χ1v) is 4.64. The van der Waals surface area contributed by atoms with Gasteiger partial charge in [-0.2, -0.15) is 0 Å². The molecular weight excluding hydrogens is 178 g/mol. The fourth-order valence-corrected chi connectivity index (χ4v) is 1.54. The molecule has 1 saturated heterocycles. The average molecular weight is 194 g/mol. The summed E-state index contributed by atoms with van der Waals surface area (Å²) in [7, 11) is 0. The molecule has 0 aromatic heterocycles. The van der Waals surface area contributed by atoms with E-state index in [-0.39, 0.29) is 12.5 Å². The Bertz CT molecular complexity index is 162. The smallest absolute Gasteiger partial charge is 0.270 e. The highest BCUT2D eigenvalue weighted by Crippen LogP contribution is 2.27. The number of ether oxygens (including phenoxy) is 1. The Morgan fingerprint density at radius 2 is 2.23 bits per heavy atom. The maximum absolute atomic E-state index is 12.6. The molecule has 1 aliphatic rings. The summed E-state index contributed by atoms with van der Waals surface area (Å²) in [5.41, 5.74) is 0. The lowest BCUT2D eigenvalue weighted by atomic mass is 10.0. The molecule has 78 valence electrons. The first-order valence-electron chi connectivity index (χ1n) is 4.64. The number of aliphatic hydroxyl groups excluding tert-OH is 1. The van der Waals surface area contributed by atoms with Crippen molar-refractivity contribution < 1.29 is 18.6 Å². The lowest BCUT2D eigenvalue weighted by Gasteiger charge is -2.15. The second-order valence-corrected chi connectivity index (χ2v) is 3.85. The Morgan fingerprint density at radius 1 is 1.54 bits per heavy atom. The third-order valence-corrected chi connectivity index (χ3v) is 2.35. The van der Waals surface area contributed by atoms with Gasteiger partial charge < -0.3 is 9.84 Å². The predicted octanol–water partition coefficient (Wildman–Crippen LogP) is 1.82. The van der Waals surface area contributed by atoms with Crippen LogP contribution in [0, 0.1) is 5.92 Å². The minimum absolute atomic E-state index is 0.0348. The van der Waals surface area contributed by atoms with E-state index in [0.717, 1.165) is 6.42 Å². The Morgan fingerprint density at radius 3 is 2.69 bits per heavy atom. The van der Waals surface area contributed by atoms with Crippen LogP contribution in [0.25, 0.3) is 0 Å². The number of aliphatic hydroxyl groups is 1. The van der Waals surface area contributed by atoms with Crippen molar-refractivity contribution in [1.82, 2.24) is 0 Å². The molecule has 0 saturated carbocycles. The number of hydrogen-bond acceptors (Lipinski definition) is 2. The van der Waals surface area contributed by atoms with Crippen LogP contribution in [0.15, 0.2) is 0 Å². The molecule has 0 aliphatic carbocycles. The van der Waals surface area contributed by atoms with Gasteiger partial charge >= 0.3 is 0 Å². The van der Waals surface area contributed by atoms with Crippen LogP contribution in [0.5, 0.6) is 0 Å². The standard InChI is InChI=1S/C9H16F2O2/c1-7-4-8(13-5-7)2-3-9(10,11)6-12/h7-8,12H,2-6H2,1H3/t7-,8?/m0/s1. The average Bonchev–Trinajstić information content (AvgIpc) is 2.48. The van der Waals surface area contributed by atoms with Gasteiger partial charge in [0.15, 0.2) is 0 Å². The summed E-state index contributed by atoms with van der Waals surface area (Å²) in [6, 6.07) is 0. The van der Waals surface area contributed by atoms with Gasteiger partial charge in [0.05, 0.1) is 6.10 Å². The Balaban J connectivity index is 2.19. The summed E-state index contributed by atoms with van der Waals surface area (Å²) in [5, 5.41) is 8.33. The molecule has 0 aromatic carbocycles. The van der Waals surface area contributed by atoms with E-state index < -0.39 is 12.5 Å². The van der Waals surface area contributed by atoms with Crippen LogP contribution in [-0.4, -0.2) is 30.3 Å². The van der Waals surface area contributed by atoms with Crippen LogP contribution in [0.1, 0.15) is 26.2 Å². The summed E-state index contributed by atoms with van der Waals surface area (Å²) in [4.78, 5) is 0. The van der Waals surface area contributed by atoms with Crippen LogP contribution < -0.4 is 0 Å². The lowest BCUT2D eigenvalue weighted by Crippen LogP contribution is -2.23. The highest BCUT2D eigenvalue weighted by Gasteiger charge is 2.30. The van der Waals surface area contributed by atoms with E-state index in [2.05, 4.69) is 0 Å². The van der Waals surface area contributed by atoms with E-state index in [1.54, 1.807) is 0 Å². The van der Waals surface area contributed by atoms with E-state index >= 15 is 0 Å². The minimum atomic E-state index is -2.94. The zero-order chi connectivity index (χ0) is 9.90. The number of halogens is 2.